The number of halogens is 1. The van der Waals surface area contributed by atoms with E-state index < -0.39 is 0 Å². The standard InChI is InChI=1S/C8H18N2O2.ClH/c9-12-6-2-1-3-10-4-7-11-8-5-10;/h1-9H2;1H. The predicted octanol–water partition coefficient (Wildman–Crippen LogP) is 0.411. The Balaban J connectivity index is 0.00000144. The number of rotatable bonds is 5. The van der Waals surface area contributed by atoms with Crippen molar-refractivity contribution in [3.63, 3.8) is 0 Å². The van der Waals surface area contributed by atoms with E-state index in [-0.39, 0.29) is 12.4 Å². The Bertz CT molecular complexity index is 110. The number of morpholine rings is 1. The molecule has 5 heteroatoms. The molecule has 0 spiro atoms. The van der Waals surface area contributed by atoms with Crippen molar-refractivity contribution in [1.82, 2.24) is 4.90 Å². The molecular formula is C8H19ClN2O2. The van der Waals surface area contributed by atoms with Gasteiger partial charge in [0.15, 0.2) is 0 Å². The molecule has 0 radical (unpaired) electrons. The molecule has 1 aliphatic heterocycles. The van der Waals surface area contributed by atoms with Crippen LogP contribution in [-0.4, -0.2) is 44.4 Å². The van der Waals surface area contributed by atoms with Crippen LogP contribution >= 0.6 is 12.4 Å². The number of unbranched alkanes of at least 4 members (excludes halogenated alkanes) is 1. The van der Waals surface area contributed by atoms with Gasteiger partial charge in [0.2, 0.25) is 0 Å². The fourth-order valence-electron chi connectivity index (χ4n) is 1.35. The third-order valence-electron chi connectivity index (χ3n) is 2.09. The third-order valence-corrected chi connectivity index (χ3v) is 2.09. The van der Waals surface area contributed by atoms with Crippen molar-refractivity contribution in [1.29, 1.82) is 0 Å². The maximum absolute atomic E-state index is 5.24. The Kier molecular flexibility index (Phi) is 8.80. The molecule has 1 heterocycles. The minimum atomic E-state index is 0. The fraction of sp³-hybridized carbons (Fsp3) is 1.00. The number of hydrogen-bond acceptors (Lipinski definition) is 4. The minimum absolute atomic E-state index is 0. The van der Waals surface area contributed by atoms with Crippen LogP contribution in [0.25, 0.3) is 0 Å². The van der Waals surface area contributed by atoms with Gasteiger partial charge in [-0.3, -0.25) is 4.90 Å². The summed E-state index contributed by atoms with van der Waals surface area (Å²) in [6, 6.07) is 0. The van der Waals surface area contributed by atoms with Crippen LogP contribution in [0.15, 0.2) is 0 Å². The molecule has 1 rings (SSSR count). The Morgan fingerprint density at radius 2 is 1.92 bits per heavy atom. The Hall–Kier alpha value is 0.130. The van der Waals surface area contributed by atoms with Crippen molar-refractivity contribution in [2.45, 2.75) is 12.8 Å². The third kappa shape index (κ3) is 6.23. The highest BCUT2D eigenvalue weighted by atomic mass is 35.5. The Morgan fingerprint density at radius 1 is 1.23 bits per heavy atom. The molecule has 1 aliphatic rings. The lowest BCUT2D eigenvalue weighted by Crippen LogP contribution is -2.36. The van der Waals surface area contributed by atoms with Crippen LogP contribution in [0.1, 0.15) is 12.8 Å². The first kappa shape index (κ1) is 13.1. The summed E-state index contributed by atoms with van der Waals surface area (Å²) in [5.74, 6) is 4.91. The molecule has 80 valence electrons. The first-order chi connectivity index (χ1) is 5.93. The van der Waals surface area contributed by atoms with Gasteiger partial charge >= 0.3 is 0 Å². The summed E-state index contributed by atoms with van der Waals surface area (Å²) in [5.41, 5.74) is 0. The average Bonchev–Trinajstić information content (AvgIpc) is 2.14. The van der Waals surface area contributed by atoms with Crippen molar-refractivity contribution in [2.75, 3.05) is 39.5 Å². The van der Waals surface area contributed by atoms with Crippen LogP contribution in [0.5, 0.6) is 0 Å². The highest BCUT2D eigenvalue weighted by Crippen LogP contribution is 1.99. The maximum atomic E-state index is 5.24. The summed E-state index contributed by atoms with van der Waals surface area (Å²) >= 11 is 0. The first-order valence-electron chi connectivity index (χ1n) is 4.55. The summed E-state index contributed by atoms with van der Waals surface area (Å²) < 4.78 is 5.24. The van der Waals surface area contributed by atoms with Crippen molar-refractivity contribution < 1.29 is 9.57 Å². The lowest BCUT2D eigenvalue weighted by Gasteiger charge is -2.26. The van der Waals surface area contributed by atoms with E-state index >= 15 is 0 Å². The van der Waals surface area contributed by atoms with Crippen molar-refractivity contribution in [3.8, 4) is 0 Å². The van der Waals surface area contributed by atoms with Crippen LogP contribution in [0.4, 0.5) is 0 Å². The minimum Gasteiger partial charge on any atom is -0.379 e. The second-order valence-corrected chi connectivity index (χ2v) is 3.03. The molecular weight excluding hydrogens is 192 g/mol. The zero-order valence-corrected chi connectivity index (χ0v) is 8.72. The highest BCUT2D eigenvalue weighted by Gasteiger charge is 2.08. The molecule has 0 aromatic heterocycles. The van der Waals surface area contributed by atoms with Gasteiger partial charge in [0, 0.05) is 13.1 Å². The van der Waals surface area contributed by atoms with Crippen LogP contribution in [0, 0.1) is 0 Å². The van der Waals surface area contributed by atoms with Gasteiger partial charge in [-0.1, -0.05) is 0 Å². The van der Waals surface area contributed by atoms with Gasteiger partial charge < -0.3 is 9.57 Å². The van der Waals surface area contributed by atoms with Crippen molar-refractivity contribution >= 4 is 12.4 Å². The van der Waals surface area contributed by atoms with Gasteiger partial charge in [-0.15, -0.1) is 12.4 Å². The summed E-state index contributed by atoms with van der Waals surface area (Å²) in [6.07, 6.45) is 2.21. The van der Waals surface area contributed by atoms with E-state index in [0.717, 1.165) is 45.7 Å². The van der Waals surface area contributed by atoms with Gasteiger partial charge in [-0.05, 0) is 19.4 Å². The largest absolute Gasteiger partial charge is 0.379 e. The van der Waals surface area contributed by atoms with Crippen LogP contribution in [0.2, 0.25) is 0 Å². The molecule has 0 aromatic carbocycles. The molecule has 0 atom stereocenters. The van der Waals surface area contributed by atoms with E-state index in [0.29, 0.717) is 6.61 Å². The van der Waals surface area contributed by atoms with E-state index in [4.69, 9.17) is 10.6 Å². The molecule has 1 fully saturated rings. The van der Waals surface area contributed by atoms with Crippen LogP contribution in [0.3, 0.4) is 0 Å². The molecule has 0 bridgehead atoms. The number of hydrogen-bond donors (Lipinski definition) is 1. The second-order valence-electron chi connectivity index (χ2n) is 3.03. The highest BCUT2D eigenvalue weighted by molar-refractivity contribution is 5.85. The first-order valence-corrected chi connectivity index (χ1v) is 4.55. The quantitative estimate of drug-likeness (QED) is 0.528. The van der Waals surface area contributed by atoms with Crippen LogP contribution in [-0.2, 0) is 9.57 Å². The molecule has 0 aromatic rings. The molecule has 2 N–H and O–H groups in total. The zero-order chi connectivity index (χ0) is 8.65. The number of ether oxygens (including phenoxy) is 1. The molecule has 0 aliphatic carbocycles. The van der Waals surface area contributed by atoms with Gasteiger partial charge in [-0.25, -0.2) is 5.90 Å². The average molecular weight is 211 g/mol. The number of nitrogens with two attached hydrogens (primary N) is 1. The molecule has 0 unspecified atom stereocenters. The monoisotopic (exact) mass is 210 g/mol. The van der Waals surface area contributed by atoms with Gasteiger partial charge in [0.25, 0.3) is 0 Å². The van der Waals surface area contributed by atoms with E-state index in [2.05, 4.69) is 9.74 Å². The van der Waals surface area contributed by atoms with Crippen molar-refractivity contribution in [3.05, 3.63) is 0 Å². The molecule has 0 saturated carbocycles. The van der Waals surface area contributed by atoms with Gasteiger partial charge in [0.1, 0.15) is 0 Å². The van der Waals surface area contributed by atoms with Crippen molar-refractivity contribution in [2.24, 2.45) is 5.90 Å². The summed E-state index contributed by atoms with van der Waals surface area (Å²) in [4.78, 5) is 6.90. The molecule has 0 amide bonds. The second kappa shape index (κ2) is 8.72. The van der Waals surface area contributed by atoms with E-state index in [1.165, 1.54) is 0 Å². The zero-order valence-electron chi connectivity index (χ0n) is 7.91. The number of nitrogens with zero attached hydrogens (tertiary/aromatic N) is 1. The van der Waals surface area contributed by atoms with E-state index in [1.807, 2.05) is 0 Å². The van der Waals surface area contributed by atoms with E-state index in [9.17, 15) is 0 Å². The predicted molar refractivity (Wildman–Crippen MR) is 53.9 cm³/mol. The lowest BCUT2D eigenvalue weighted by molar-refractivity contribution is 0.0357. The van der Waals surface area contributed by atoms with Gasteiger partial charge in [0.05, 0.1) is 19.8 Å². The van der Waals surface area contributed by atoms with E-state index in [1.54, 1.807) is 0 Å². The lowest BCUT2D eigenvalue weighted by atomic mass is 10.3. The summed E-state index contributed by atoms with van der Waals surface area (Å²) in [5, 5.41) is 0. The fourth-order valence-corrected chi connectivity index (χ4v) is 1.35. The van der Waals surface area contributed by atoms with Gasteiger partial charge in [-0.2, -0.15) is 0 Å². The normalized spacial score (nSPS) is 18.2. The maximum Gasteiger partial charge on any atom is 0.0679 e. The SMILES string of the molecule is Cl.NOCCCCN1CCOCC1. The molecule has 13 heavy (non-hydrogen) atoms. The molecule has 4 nitrogen and oxygen atoms in total. The topological polar surface area (TPSA) is 47.7 Å². The summed E-state index contributed by atoms with van der Waals surface area (Å²) in [6.45, 7) is 5.73. The Morgan fingerprint density at radius 3 is 2.54 bits per heavy atom. The van der Waals surface area contributed by atoms with Crippen LogP contribution < -0.4 is 5.90 Å². The smallest absolute Gasteiger partial charge is 0.0679 e. The molecule has 1 saturated heterocycles. The Labute approximate surface area is 85.7 Å². The summed E-state index contributed by atoms with van der Waals surface area (Å²) in [7, 11) is 0.